The van der Waals surface area contributed by atoms with E-state index in [1.165, 1.54) is 0 Å². The third-order valence-electron chi connectivity index (χ3n) is 0.605. The molecule has 0 unspecified atom stereocenters. The number of hydrogen-bond acceptors (Lipinski definition) is 1. The summed E-state index contributed by atoms with van der Waals surface area (Å²) in [6.07, 6.45) is 0. The van der Waals surface area contributed by atoms with Crippen molar-refractivity contribution in [2.45, 2.75) is 0 Å². The molecule has 0 amide bonds. The van der Waals surface area contributed by atoms with Crippen LogP contribution in [0.25, 0.3) is 0 Å². The van der Waals surface area contributed by atoms with Crippen molar-refractivity contribution >= 4 is 8.00 Å². The van der Waals surface area contributed by atoms with Gasteiger partial charge in [0.15, 0.2) is 0 Å². The van der Waals surface area contributed by atoms with Gasteiger partial charge in [-0.15, -0.1) is 0 Å². The first-order valence-corrected chi connectivity index (χ1v) is 3.52. The molecule has 0 radical (unpaired) electrons. The van der Waals surface area contributed by atoms with E-state index in [1.54, 1.807) is 0 Å². The molecule has 0 N–H and O–H groups in total. The molecule has 0 aromatic heterocycles. The van der Waals surface area contributed by atoms with Gasteiger partial charge in [-0.3, -0.25) is 0 Å². The minimum atomic E-state index is -7.35. The second-order valence-corrected chi connectivity index (χ2v) is 3.70. The maximum atomic E-state index is 11.3. The van der Waals surface area contributed by atoms with E-state index in [0.29, 0.717) is 14.1 Å². The van der Waals surface area contributed by atoms with E-state index in [-0.39, 0.29) is 4.67 Å². The van der Waals surface area contributed by atoms with Gasteiger partial charge in [-0.25, -0.2) is 0 Å². The van der Waals surface area contributed by atoms with Crippen LogP contribution in [-0.4, -0.2) is 18.8 Å². The van der Waals surface area contributed by atoms with Crippen LogP contribution in [0, 0.1) is 0 Å². The van der Waals surface area contributed by atoms with Crippen LogP contribution in [0.15, 0.2) is 0 Å². The molecule has 0 bridgehead atoms. The van der Waals surface area contributed by atoms with Gasteiger partial charge < -0.3 is 0 Å². The molecule has 0 spiro atoms. The van der Waals surface area contributed by atoms with Crippen molar-refractivity contribution in [3.63, 3.8) is 0 Å². The molecule has 52 valence electrons. The fourth-order valence-corrected chi connectivity index (χ4v) is 0. The van der Waals surface area contributed by atoms with Crippen molar-refractivity contribution in [3.05, 3.63) is 0 Å². The molecular weight excluding hydrogens is 145 g/mol. The summed E-state index contributed by atoms with van der Waals surface area (Å²) in [5, 5.41) is 0. The molecule has 0 heterocycles. The molecular formula is C2H6F4NP. The Balaban J connectivity index is 4.14. The zero-order valence-electron chi connectivity index (χ0n) is 4.41. The van der Waals surface area contributed by atoms with Gasteiger partial charge in [-0.1, -0.05) is 0 Å². The molecule has 8 heavy (non-hydrogen) atoms. The summed E-state index contributed by atoms with van der Waals surface area (Å²) in [5.74, 6) is 0. The zero-order valence-corrected chi connectivity index (χ0v) is 5.30. The molecule has 0 aromatic carbocycles. The van der Waals surface area contributed by atoms with Crippen LogP contribution in [0.1, 0.15) is 0 Å². The average Bonchev–Trinajstić information content (AvgIpc) is 1.27. The molecule has 0 rings (SSSR count). The molecule has 6 heteroatoms. The van der Waals surface area contributed by atoms with Crippen LogP contribution in [0.3, 0.4) is 0 Å². The second-order valence-electron chi connectivity index (χ2n) is 1.53. The van der Waals surface area contributed by atoms with Crippen molar-refractivity contribution in [1.29, 1.82) is 0 Å². The minimum absolute atomic E-state index is 0.328. The summed E-state index contributed by atoms with van der Waals surface area (Å²) in [5.41, 5.74) is 0. The Hall–Kier alpha value is 0.110. The van der Waals surface area contributed by atoms with Gasteiger partial charge in [0.2, 0.25) is 0 Å². The van der Waals surface area contributed by atoms with Crippen LogP contribution >= 0.6 is 8.00 Å². The molecule has 0 aliphatic heterocycles. The molecule has 0 saturated heterocycles. The Kier molecular flexibility index (Phi) is 1.57. The molecule has 0 aliphatic carbocycles. The Morgan fingerprint density at radius 1 is 1.00 bits per heavy atom. The van der Waals surface area contributed by atoms with Crippen LogP contribution in [-0.2, 0) is 0 Å². The van der Waals surface area contributed by atoms with E-state index in [4.69, 9.17) is 0 Å². The van der Waals surface area contributed by atoms with Crippen molar-refractivity contribution in [2.75, 3.05) is 14.1 Å². The van der Waals surface area contributed by atoms with Gasteiger partial charge in [-0.05, 0) is 0 Å². The molecule has 0 aromatic rings. The van der Waals surface area contributed by atoms with Crippen LogP contribution in [0.4, 0.5) is 16.8 Å². The summed E-state index contributed by atoms with van der Waals surface area (Å²) in [7, 11) is -6.05. The van der Waals surface area contributed by atoms with Crippen molar-refractivity contribution in [2.24, 2.45) is 0 Å². The zero-order chi connectivity index (χ0) is 7.02. The fourth-order valence-electron chi connectivity index (χ4n) is 0. The van der Waals surface area contributed by atoms with E-state index in [9.17, 15) is 16.8 Å². The van der Waals surface area contributed by atoms with Crippen molar-refractivity contribution in [3.8, 4) is 0 Å². The molecule has 0 aliphatic rings. The molecule has 0 saturated carbocycles. The number of halogens is 4. The predicted octanol–water partition coefficient (Wildman–Crippen LogP) is 2.55. The fraction of sp³-hybridized carbons (Fsp3) is 1.00. The van der Waals surface area contributed by atoms with Gasteiger partial charge >= 0.3 is 43.6 Å². The third kappa shape index (κ3) is 2.43. The van der Waals surface area contributed by atoms with E-state index in [1.807, 2.05) is 0 Å². The second kappa shape index (κ2) is 1.54. The Morgan fingerprint density at radius 3 is 1.12 bits per heavy atom. The van der Waals surface area contributed by atoms with Gasteiger partial charge in [-0.2, -0.15) is 0 Å². The Labute approximate surface area is 44.7 Å². The van der Waals surface area contributed by atoms with Gasteiger partial charge in [0.05, 0.1) is 0 Å². The van der Waals surface area contributed by atoms with Gasteiger partial charge in [0.25, 0.3) is 0 Å². The normalized spacial score (nSPS) is 18.1. The standard InChI is InChI=1S/C2H6F4NP/c1-7(2)8(3,4,5)6/h1-2H3. The first kappa shape index (κ1) is 8.11. The summed E-state index contributed by atoms with van der Waals surface area (Å²) in [6.45, 7) is 0. The number of hydrogen-bond donors (Lipinski definition) is 0. The average molecular weight is 151 g/mol. The first-order valence-electron chi connectivity index (χ1n) is 1.77. The van der Waals surface area contributed by atoms with E-state index in [2.05, 4.69) is 0 Å². The summed E-state index contributed by atoms with van der Waals surface area (Å²) in [6, 6.07) is 0. The van der Waals surface area contributed by atoms with Crippen molar-refractivity contribution in [1.82, 2.24) is 4.67 Å². The van der Waals surface area contributed by atoms with Crippen molar-refractivity contribution < 1.29 is 16.8 Å². The van der Waals surface area contributed by atoms with E-state index in [0.717, 1.165) is 0 Å². The monoisotopic (exact) mass is 151 g/mol. The van der Waals surface area contributed by atoms with Crippen LogP contribution in [0.2, 0.25) is 0 Å². The quantitative estimate of drug-likeness (QED) is 0.411. The van der Waals surface area contributed by atoms with E-state index < -0.39 is 8.00 Å². The molecule has 0 atom stereocenters. The summed E-state index contributed by atoms with van der Waals surface area (Å²) < 4.78 is 44.7. The topological polar surface area (TPSA) is 3.24 Å². The maximum absolute atomic E-state index is 11.3. The van der Waals surface area contributed by atoms with Crippen LogP contribution in [0.5, 0.6) is 0 Å². The number of nitrogens with zero attached hydrogens (tertiary/aromatic N) is 1. The predicted molar refractivity (Wildman–Crippen MR) is 25.0 cm³/mol. The first-order chi connectivity index (χ1) is 3.20. The Morgan fingerprint density at radius 2 is 1.12 bits per heavy atom. The number of rotatable bonds is 1. The van der Waals surface area contributed by atoms with Gasteiger partial charge in [0.1, 0.15) is 0 Å². The van der Waals surface area contributed by atoms with Crippen LogP contribution < -0.4 is 0 Å². The SMILES string of the molecule is CN(C)P(F)(F)(F)F. The molecule has 1 nitrogen and oxygen atoms in total. The molecule has 0 fully saturated rings. The van der Waals surface area contributed by atoms with Gasteiger partial charge in [0, 0.05) is 0 Å². The van der Waals surface area contributed by atoms with E-state index >= 15 is 0 Å². The third-order valence-corrected chi connectivity index (χ3v) is 1.81. The summed E-state index contributed by atoms with van der Waals surface area (Å²) in [4.78, 5) is 0. The Bertz CT molecular complexity index is 84.7. The summed E-state index contributed by atoms with van der Waals surface area (Å²) >= 11 is 0.